The number of benzene rings is 3. The van der Waals surface area contributed by atoms with Crippen LogP contribution >= 0.6 is 11.8 Å². The van der Waals surface area contributed by atoms with Crippen molar-refractivity contribution in [3.8, 4) is 5.69 Å². The number of nitrogens with zero attached hydrogens (tertiary/aromatic N) is 2. The molecule has 0 aliphatic carbocycles. The van der Waals surface area contributed by atoms with E-state index in [-0.39, 0.29) is 11.5 Å². The number of amides is 1. The second kappa shape index (κ2) is 9.18. The van der Waals surface area contributed by atoms with Crippen LogP contribution in [0.15, 0.2) is 82.7 Å². The number of anilines is 1. The Morgan fingerprint density at radius 3 is 2.39 bits per heavy atom. The average Bonchev–Trinajstić information content (AvgIpc) is 2.74. The molecule has 6 heteroatoms. The molecule has 0 bridgehead atoms. The van der Waals surface area contributed by atoms with Crippen LogP contribution in [0.1, 0.15) is 17.5 Å². The molecular formula is C25H23N3O2S. The second-order valence-corrected chi connectivity index (χ2v) is 8.47. The lowest BCUT2D eigenvalue weighted by atomic mass is 10.1. The first-order chi connectivity index (χ1) is 15.0. The van der Waals surface area contributed by atoms with Gasteiger partial charge in [-0.1, -0.05) is 48.2 Å². The topological polar surface area (TPSA) is 64.0 Å². The summed E-state index contributed by atoms with van der Waals surface area (Å²) in [4.78, 5) is 30.4. The Hall–Kier alpha value is -3.38. The molecule has 1 heterocycles. The summed E-state index contributed by atoms with van der Waals surface area (Å²) >= 11 is 1.41. The fourth-order valence-electron chi connectivity index (χ4n) is 3.50. The number of nitrogens with one attached hydrogen (secondary N) is 1. The fourth-order valence-corrected chi connectivity index (χ4v) is 4.45. The van der Waals surface area contributed by atoms with E-state index in [0.29, 0.717) is 28.2 Å². The summed E-state index contributed by atoms with van der Waals surface area (Å²) in [6.45, 7) is 4.02. The van der Waals surface area contributed by atoms with E-state index in [1.165, 1.54) is 11.8 Å². The maximum absolute atomic E-state index is 13.3. The molecular weight excluding hydrogens is 406 g/mol. The molecule has 0 spiro atoms. The van der Waals surface area contributed by atoms with Gasteiger partial charge in [-0.3, -0.25) is 14.2 Å². The van der Waals surface area contributed by atoms with Gasteiger partial charge in [-0.25, -0.2) is 4.98 Å². The summed E-state index contributed by atoms with van der Waals surface area (Å²) in [6.07, 6.45) is 0.315. The molecule has 31 heavy (non-hydrogen) atoms. The highest BCUT2D eigenvalue weighted by Gasteiger charge is 2.14. The standard InChI is InChI=1S/C25H23N3O2S/c1-17-14-18(2)16-20(15-17)28-24(30)21-10-6-7-11-22(21)27-25(28)31-13-12-23(29)26-19-8-4-3-5-9-19/h3-11,14-16H,12-13H2,1-2H3,(H,26,29). The van der Waals surface area contributed by atoms with Crippen molar-refractivity contribution >= 4 is 34.3 Å². The van der Waals surface area contributed by atoms with Gasteiger partial charge >= 0.3 is 0 Å². The number of carbonyl (C=O) groups excluding carboxylic acids is 1. The molecule has 156 valence electrons. The summed E-state index contributed by atoms with van der Waals surface area (Å²) in [5.41, 5.74) is 4.27. The van der Waals surface area contributed by atoms with Gasteiger partial charge in [0, 0.05) is 17.9 Å². The fraction of sp³-hybridized carbons (Fsp3) is 0.160. The maximum Gasteiger partial charge on any atom is 0.266 e. The molecule has 0 atom stereocenters. The van der Waals surface area contributed by atoms with E-state index >= 15 is 0 Å². The first-order valence-electron chi connectivity index (χ1n) is 10.1. The number of aromatic nitrogens is 2. The summed E-state index contributed by atoms with van der Waals surface area (Å²) in [7, 11) is 0. The zero-order valence-corrected chi connectivity index (χ0v) is 18.3. The van der Waals surface area contributed by atoms with Crippen molar-refractivity contribution in [2.45, 2.75) is 25.4 Å². The van der Waals surface area contributed by atoms with Crippen molar-refractivity contribution < 1.29 is 4.79 Å². The molecule has 0 unspecified atom stereocenters. The van der Waals surface area contributed by atoms with E-state index in [0.717, 1.165) is 22.5 Å². The van der Waals surface area contributed by atoms with Gasteiger partial charge in [0.05, 0.1) is 16.6 Å². The average molecular weight is 430 g/mol. The van der Waals surface area contributed by atoms with E-state index in [1.807, 2.05) is 74.5 Å². The third-order valence-electron chi connectivity index (χ3n) is 4.83. The van der Waals surface area contributed by atoms with Crippen LogP contribution in [0.25, 0.3) is 16.6 Å². The molecule has 0 radical (unpaired) electrons. The van der Waals surface area contributed by atoms with Gasteiger partial charge in [0.2, 0.25) is 5.91 Å². The highest BCUT2D eigenvalue weighted by atomic mass is 32.2. The second-order valence-electron chi connectivity index (χ2n) is 7.41. The predicted octanol–water partition coefficient (Wildman–Crippen LogP) is 5.12. The monoisotopic (exact) mass is 429 g/mol. The Labute approximate surface area is 185 Å². The minimum atomic E-state index is -0.105. The van der Waals surface area contributed by atoms with Crippen LogP contribution in [-0.2, 0) is 4.79 Å². The Balaban J connectivity index is 1.63. The van der Waals surface area contributed by atoms with Gasteiger partial charge in [-0.05, 0) is 61.4 Å². The SMILES string of the molecule is Cc1cc(C)cc(-n2c(SCCC(=O)Nc3ccccc3)nc3ccccc3c2=O)c1. The van der Waals surface area contributed by atoms with Crippen molar-refractivity contribution in [1.82, 2.24) is 9.55 Å². The molecule has 1 aromatic heterocycles. The van der Waals surface area contributed by atoms with Crippen molar-refractivity contribution in [2.75, 3.05) is 11.1 Å². The first kappa shape index (κ1) is 20.9. The van der Waals surface area contributed by atoms with E-state index in [2.05, 4.69) is 11.4 Å². The van der Waals surface area contributed by atoms with Gasteiger partial charge in [-0.2, -0.15) is 0 Å². The lowest BCUT2D eigenvalue weighted by Crippen LogP contribution is -2.22. The van der Waals surface area contributed by atoms with E-state index in [9.17, 15) is 9.59 Å². The summed E-state index contributed by atoms with van der Waals surface area (Å²) < 4.78 is 1.65. The molecule has 1 N–H and O–H groups in total. The third-order valence-corrected chi connectivity index (χ3v) is 5.77. The molecule has 4 rings (SSSR count). The summed E-state index contributed by atoms with van der Waals surface area (Å²) in [5, 5.41) is 4.05. The largest absolute Gasteiger partial charge is 0.326 e. The zero-order valence-electron chi connectivity index (χ0n) is 17.5. The minimum absolute atomic E-state index is 0.0696. The van der Waals surface area contributed by atoms with Crippen LogP contribution in [0.2, 0.25) is 0 Å². The number of fused-ring (bicyclic) bond motifs is 1. The number of thioether (sulfide) groups is 1. The summed E-state index contributed by atoms with van der Waals surface area (Å²) in [5.74, 6) is 0.439. The quantitative estimate of drug-likeness (QED) is 0.341. The number of para-hydroxylation sites is 2. The molecule has 0 aliphatic rings. The van der Waals surface area contributed by atoms with E-state index in [1.54, 1.807) is 10.6 Å². The Kier molecular flexibility index (Phi) is 6.18. The van der Waals surface area contributed by atoms with E-state index < -0.39 is 0 Å². The van der Waals surface area contributed by atoms with Gasteiger partial charge in [-0.15, -0.1) is 0 Å². The number of hydrogen-bond donors (Lipinski definition) is 1. The van der Waals surface area contributed by atoms with Crippen LogP contribution in [-0.4, -0.2) is 21.2 Å². The smallest absolute Gasteiger partial charge is 0.266 e. The van der Waals surface area contributed by atoms with Gasteiger partial charge in [0.25, 0.3) is 5.56 Å². The van der Waals surface area contributed by atoms with Crippen LogP contribution < -0.4 is 10.9 Å². The number of hydrogen-bond acceptors (Lipinski definition) is 4. The van der Waals surface area contributed by atoms with Crippen molar-refractivity contribution in [2.24, 2.45) is 0 Å². The third kappa shape index (κ3) is 4.86. The van der Waals surface area contributed by atoms with Crippen LogP contribution in [0.5, 0.6) is 0 Å². The summed E-state index contributed by atoms with van der Waals surface area (Å²) in [6, 6.07) is 22.8. The molecule has 0 fully saturated rings. The maximum atomic E-state index is 13.3. The highest BCUT2D eigenvalue weighted by molar-refractivity contribution is 7.99. The molecule has 5 nitrogen and oxygen atoms in total. The Bertz CT molecular complexity index is 1280. The molecule has 3 aromatic carbocycles. The Morgan fingerprint density at radius 2 is 1.65 bits per heavy atom. The van der Waals surface area contributed by atoms with Crippen molar-refractivity contribution in [3.63, 3.8) is 0 Å². The predicted molar refractivity (Wildman–Crippen MR) is 127 cm³/mol. The number of rotatable bonds is 6. The molecule has 0 aliphatic heterocycles. The molecule has 0 saturated heterocycles. The lowest BCUT2D eigenvalue weighted by molar-refractivity contribution is -0.115. The Morgan fingerprint density at radius 1 is 0.968 bits per heavy atom. The van der Waals surface area contributed by atoms with Crippen molar-refractivity contribution in [3.05, 3.63) is 94.3 Å². The van der Waals surface area contributed by atoms with Crippen LogP contribution in [0.3, 0.4) is 0 Å². The minimum Gasteiger partial charge on any atom is -0.326 e. The lowest BCUT2D eigenvalue weighted by Gasteiger charge is -2.14. The normalized spacial score (nSPS) is 10.9. The molecule has 4 aromatic rings. The number of aryl methyl sites for hydroxylation is 2. The first-order valence-corrected chi connectivity index (χ1v) is 11.1. The molecule has 1 amide bonds. The van der Waals surface area contributed by atoms with Gasteiger partial charge in [0.15, 0.2) is 5.16 Å². The number of carbonyl (C=O) groups is 1. The zero-order chi connectivity index (χ0) is 21.8. The van der Waals surface area contributed by atoms with Crippen LogP contribution in [0.4, 0.5) is 5.69 Å². The van der Waals surface area contributed by atoms with Crippen molar-refractivity contribution in [1.29, 1.82) is 0 Å². The van der Waals surface area contributed by atoms with Crippen LogP contribution in [0, 0.1) is 13.8 Å². The molecule has 0 saturated carbocycles. The highest BCUT2D eigenvalue weighted by Crippen LogP contribution is 2.23. The van der Waals surface area contributed by atoms with Gasteiger partial charge in [0.1, 0.15) is 0 Å². The van der Waals surface area contributed by atoms with Gasteiger partial charge < -0.3 is 5.32 Å². The van der Waals surface area contributed by atoms with E-state index in [4.69, 9.17) is 4.98 Å².